The Labute approximate surface area is 315 Å². The molecule has 0 saturated heterocycles. The minimum Gasteiger partial charge on any atom is -0.456 e. The molecule has 3 aromatic heterocycles. The highest BCUT2D eigenvalue weighted by molar-refractivity contribution is 7.21. The number of furan rings is 1. The van der Waals surface area contributed by atoms with Crippen LogP contribution < -0.4 is 0 Å². The molecule has 3 heterocycles. The van der Waals surface area contributed by atoms with E-state index in [0.717, 1.165) is 82.3 Å². The maximum atomic E-state index is 6.58. The number of thiazole rings is 1. The van der Waals surface area contributed by atoms with E-state index in [-0.39, 0.29) is 0 Å². The number of benzene rings is 8. The van der Waals surface area contributed by atoms with E-state index in [9.17, 15) is 0 Å². The fourth-order valence-corrected chi connectivity index (χ4v) is 8.95. The molecular weight excluding hydrogens is 677 g/mol. The van der Waals surface area contributed by atoms with Crippen LogP contribution in [0, 0.1) is 0 Å². The highest BCUT2D eigenvalue weighted by Gasteiger charge is 2.21. The second kappa shape index (κ2) is 12.4. The van der Waals surface area contributed by atoms with E-state index in [1.165, 1.54) is 26.8 Å². The van der Waals surface area contributed by atoms with Crippen molar-refractivity contribution in [3.8, 4) is 55.2 Å². The molecule has 0 radical (unpaired) electrons. The van der Waals surface area contributed by atoms with Crippen LogP contribution in [-0.4, -0.2) is 9.97 Å². The molecule has 4 heteroatoms. The van der Waals surface area contributed by atoms with Crippen molar-refractivity contribution in [3.05, 3.63) is 182 Å². The van der Waals surface area contributed by atoms with E-state index >= 15 is 0 Å². The highest BCUT2D eigenvalue weighted by Crippen LogP contribution is 2.46. The first-order valence-corrected chi connectivity index (χ1v) is 19.0. The van der Waals surface area contributed by atoms with Gasteiger partial charge in [-0.2, -0.15) is 0 Å². The molecule has 0 saturated carbocycles. The lowest BCUT2D eigenvalue weighted by Crippen LogP contribution is -1.93. The van der Waals surface area contributed by atoms with Crippen molar-refractivity contribution in [1.29, 1.82) is 0 Å². The summed E-state index contributed by atoms with van der Waals surface area (Å²) in [5.74, 6) is 0. The standard InChI is InChI=1S/C50H30N2OS/c1-3-12-33(13-4-1)46-47-38-18-7-9-20-41(38)51-49(40(47)30-44-48(46)39-19-8-10-21-43(39)53-44)37-17-11-16-35(28-37)31-22-24-32(25-23-31)36-26-27-42-45(29-36)54-50(52-42)34-14-5-2-6-15-34/h1-30H. The molecular formula is C50H30N2OS. The van der Waals surface area contributed by atoms with Crippen molar-refractivity contribution in [2.45, 2.75) is 0 Å². The number of para-hydroxylation sites is 2. The van der Waals surface area contributed by atoms with Gasteiger partial charge in [0.25, 0.3) is 0 Å². The van der Waals surface area contributed by atoms with Gasteiger partial charge in [-0.1, -0.05) is 146 Å². The summed E-state index contributed by atoms with van der Waals surface area (Å²) in [6.45, 7) is 0. The third kappa shape index (κ3) is 5.03. The van der Waals surface area contributed by atoms with E-state index in [2.05, 4.69) is 170 Å². The van der Waals surface area contributed by atoms with Gasteiger partial charge in [-0.3, -0.25) is 0 Å². The van der Waals surface area contributed by atoms with Gasteiger partial charge in [0.2, 0.25) is 0 Å². The first-order valence-electron chi connectivity index (χ1n) is 18.1. The third-order valence-electron chi connectivity index (χ3n) is 10.5. The van der Waals surface area contributed by atoms with E-state index in [1.54, 1.807) is 11.3 Å². The topological polar surface area (TPSA) is 38.9 Å². The number of fused-ring (bicyclic) bond motifs is 7. The summed E-state index contributed by atoms with van der Waals surface area (Å²) >= 11 is 1.74. The van der Waals surface area contributed by atoms with Crippen molar-refractivity contribution in [2.75, 3.05) is 0 Å². The molecule has 0 bridgehead atoms. The molecule has 54 heavy (non-hydrogen) atoms. The fourth-order valence-electron chi connectivity index (χ4n) is 7.94. The minimum absolute atomic E-state index is 0.862. The van der Waals surface area contributed by atoms with E-state index in [4.69, 9.17) is 14.4 Å². The summed E-state index contributed by atoms with van der Waals surface area (Å²) < 4.78 is 7.77. The molecule has 11 rings (SSSR count). The van der Waals surface area contributed by atoms with Crippen LogP contribution in [-0.2, 0) is 0 Å². The summed E-state index contributed by atoms with van der Waals surface area (Å²) in [4.78, 5) is 10.3. The molecule has 0 aliphatic heterocycles. The van der Waals surface area contributed by atoms with Crippen LogP contribution in [0.1, 0.15) is 0 Å². The Bertz CT molecular complexity index is 3200. The van der Waals surface area contributed by atoms with Gasteiger partial charge >= 0.3 is 0 Å². The average molecular weight is 707 g/mol. The van der Waals surface area contributed by atoms with E-state index in [0.29, 0.717) is 0 Å². The molecule has 0 amide bonds. The van der Waals surface area contributed by atoms with Gasteiger partial charge < -0.3 is 4.42 Å². The molecule has 0 aliphatic carbocycles. The number of nitrogens with zero attached hydrogens (tertiary/aromatic N) is 2. The van der Waals surface area contributed by atoms with Gasteiger partial charge in [-0.25, -0.2) is 9.97 Å². The van der Waals surface area contributed by atoms with Crippen molar-refractivity contribution in [3.63, 3.8) is 0 Å². The molecule has 0 N–H and O–H groups in total. The van der Waals surface area contributed by atoms with Crippen LogP contribution in [0.15, 0.2) is 186 Å². The van der Waals surface area contributed by atoms with Crippen molar-refractivity contribution >= 4 is 65.2 Å². The normalized spacial score (nSPS) is 11.7. The second-order valence-electron chi connectivity index (χ2n) is 13.7. The number of pyridine rings is 1. The summed E-state index contributed by atoms with van der Waals surface area (Å²) in [5.41, 5.74) is 13.9. The lowest BCUT2D eigenvalue weighted by molar-refractivity contribution is 0.669. The molecule has 3 nitrogen and oxygen atoms in total. The number of hydrogen-bond donors (Lipinski definition) is 0. The second-order valence-corrected chi connectivity index (χ2v) is 14.7. The van der Waals surface area contributed by atoms with Crippen LogP contribution in [0.2, 0.25) is 0 Å². The molecule has 0 fully saturated rings. The SMILES string of the molecule is c1ccc(-c2nc3ccc(-c4ccc(-c5cccc(-c6nc7ccccc7c7c(-c8ccccc8)c8c(cc67)oc6ccccc68)c5)cc4)cc3s2)cc1. The lowest BCUT2D eigenvalue weighted by Gasteiger charge is -2.16. The minimum atomic E-state index is 0.862. The van der Waals surface area contributed by atoms with Gasteiger partial charge in [-0.15, -0.1) is 11.3 Å². The highest BCUT2D eigenvalue weighted by atomic mass is 32.1. The first kappa shape index (κ1) is 30.7. The quantitative estimate of drug-likeness (QED) is 0.167. The Morgan fingerprint density at radius 2 is 1.00 bits per heavy atom. The molecule has 11 aromatic rings. The molecule has 0 unspecified atom stereocenters. The van der Waals surface area contributed by atoms with Crippen molar-refractivity contribution in [1.82, 2.24) is 9.97 Å². The molecule has 0 atom stereocenters. The first-order chi connectivity index (χ1) is 26.7. The van der Waals surface area contributed by atoms with Gasteiger partial charge in [0.15, 0.2) is 0 Å². The lowest BCUT2D eigenvalue weighted by atomic mass is 9.89. The summed E-state index contributed by atoms with van der Waals surface area (Å²) in [6, 6.07) is 64.4. The maximum Gasteiger partial charge on any atom is 0.136 e. The Balaban J connectivity index is 1.04. The van der Waals surface area contributed by atoms with Gasteiger partial charge in [-0.05, 0) is 64.2 Å². The Hall–Kier alpha value is -6.88. The molecule has 252 valence electrons. The third-order valence-corrected chi connectivity index (χ3v) is 11.6. The monoisotopic (exact) mass is 706 g/mol. The number of rotatable bonds is 5. The molecule has 0 spiro atoms. The average Bonchev–Trinajstić information content (AvgIpc) is 3.85. The number of hydrogen-bond acceptors (Lipinski definition) is 4. The zero-order valence-corrected chi connectivity index (χ0v) is 29.8. The van der Waals surface area contributed by atoms with Gasteiger partial charge in [0, 0.05) is 43.6 Å². The van der Waals surface area contributed by atoms with Crippen LogP contribution in [0.3, 0.4) is 0 Å². The van der Waals surface area contributed by atoms with Gasteiger partial charge in [0.1, 0.15) is 16.2 Å². The van der Waals surface area contributed by atoms with Crippen molar-refractivity contribution < 1.29 is 4.42 Å². The van der Waals surface area contributed by atoms with Crippen molar-refractivity contribution in [2.24, 2.45) is 0 Å². The largest absolute Gasteiger partial charge is 0.456 e. The van der Waals surface area contributed by atoms with Crippen LogP contribution in [0.5, 0.6) is 0 Å². The molecule has 8 aromatic carbocycles. The fraction of sp³-hybridized carbons (Fsp3) is 0. The summed E-state index contributed by atoms with van der Waals surface area (Å²) in [6.07, 6.45) is 0. The number of aromatic nitrogens is 2. The zero-order chi connectivity index (χ0) is 35.6. The van der Waals surface area contributed by atoms with Crippen LogP contribution in [0.25, 0.3) is 109 Å². The smallest absolute Gasteiger partial charge is 0.136 e. The van der Waals surface area contributed by atoms with Crippen LogP contribution >= 0.6 is 11.3 Å². The Morgan fingerprint density at radius 1 is 0.370 bits per heavy atom. The zero-order valence-electron chi connectivity index (χ0n) is 29.0. The maximum absolute atomic E-state index is 6.58. The predicted molar refractivity (Wildman–Crippen MR) is 227 cm³/mol. The van der Waals surface area contributed by atoms with E-state index in [1.807, 2.05) is 12.1 Å². The molecule has 0 aliphatic rings. The Kier molecular flexibility index (Phi) is 7.04. The summed E-state index contributed by atoms with van der Waals surface area (Å²) in [7, 11) is 0. The van der Waals surface area contributed by atoms with Crippen LogP contribution in [0.4, 0.5) is 0 Å². The summed E-state index contributed by atoms with van der Waals surface area (Å²) in [5, 5.41) is 6.67. The van der Waals surface area contributed by atoms with E-state index < -0.39 is 0 Å². The van der Waals surface area contributed by atoms with Gasteiger partial charge in [0.05, 0.1) is 21.4 Å². The predicted octanol–water partition coefficient (Wildman–Crippen LogP) is 14.2. The Morgan fingerprint density at radius 3 is 1.80 bits per heavy atom.